The average Bonchev–Trinajstić information content (AvgIpc) is 4.04. The molecule has 4 aromatic carbocycles. The zero-order chi connectivity index (χ0) is 41.3. The van der Waals surface area contributed by atoms with Gasteiger partial charge in [0.15, 0.2) is 0 Å². The van der Waals surface area contributed by atoms with E-state index < -0.39 is 0 Å². The molecule has 5 heterocycles. The number of aromatic nitrogens is 8. The Kier molecular flexibility index (Phi) is 18.9. The Bertz CT molecular complexity index is 2300. The molecule has 0 fully saturated rings. The van der Waals surface area contributed by atoms with Gasteiger partial charge in [-0.2, -0.15) is 0 Å². The van der Waals surface area contributed by atoms with E-state index in [-0.39, 0.29) is 17.1 Å². The number of rotatable bonds is 0. The van der Waals surface area contributed by atoms with Crippen molar-refractivity contribution < 1.29 is 17.1 Å². The summed E-state index contributed by atoms with van der Waals surface area (Å²) < 4.78 is 0. The summed E-state index contributed by atoms with van der Waals surface area (Å²) in [7, 11) is 0. The SMILES string of the molecule is CC.CC.CC.CC.CC.CC1=CCCC=C1.[Cu+2].c1ccc2c(c1)-c1nc-2nc2[n-]c(nc3nc(nc4[n-]c(n1)c1ccccc41)-c1ccccc1-3)c1ccccc21. The van der Waals surface area contributed by atoms with Crippen LogP contribution in [-0.2, 0) is 17.1 Å². The third-order valence-corrected chi connectivity index (χ3v) is 8.51. The first-order chi connectivity index (χ1) is 28.2. The molecule has 8 nitrogen and oxygen atoms in total. The molecule has 0 amide bonds. The smallest absolute Gasteiger partial charge is 0.357 e. The van der Waals surface area contributed by atoms with Crippen LogP contribution in [0.25, 0.3) is 89.7 Å². The molecular formula is C49H56CuN8. The van der Waals surface area contributed by atoms with Crippen molar-refractivity contribution >= 4 is 44.1 Å². The van der Waals surface area contributed by atoms with Crippen LogP contribution in [0.4, 0.5) is 0 Å². The molecule has 0 saturated heterocycles. The fraction of sp³-hybridized carbons (Fsp3) is 0.265. The molecule has 0 atom stereocenters. The van der Waals surface area contributed by atoms with Crippen LogP contribution in [0.3, 0.4) is 0 Å². The van der Waals surface area contributed by atoms with Crippen molar-refractivity contribution in [2.45, 2.75) is 89.0 Å². The Labute approximate surface area is 355 Å². The maximum absolute atomic E-state index is 4.95. The first kappa shape index (κ1) is 46.6. The molecular weight excluding hydrogens is 764 g/mol. The topological polar surface area (TPSA) is 106 Å². The van der Waals surface area contributed by atoms with E-state index in [2.05, 4.69) is 25.2 Å². The van der Waals surface area contributed by atoms with E-state index in [1.54, 1.807) is 0 Å². The zero-order valence-corrected chi connectivity index (χ0v) is 36.7. The molecule has 303 valence electrons. The third-order valence-electron chi connectivity index (χ3n) is 8.51. The number of allylic oxidation sites excluding steroid dienone is 4. The van der Waals surface area contributed by atoms with Crippen LogP contribution in [0.1, 0.15) is 89.0 Å². The minimum atomic E-state index is 0. The van der Waals surface area contributed by atoms with E-state index in [0.29, 0.717) is 45.9 Å². The van der Waals surface area contributed by atoms with E-state index in [0.717, 1.165) is 43.8 Å². The summed E-state index contributed by atoms with van der Waals surface area (Å²) in [6.07, 6.45) is 9.12. The van der Waals surface area contributed by atoms with Gasteiger partial charge in [0.25, 0.3) is 0 Å². The Morgan fingerprint density at radius 2 is 0.655 bits per heavy atom. The van der Waals surface area contributed by atoms with Gasteiger partial charge >= 0.3 is 17.1 Å². The van der Waals surface area contributed by atoms with Crippen molar-refractivity contribution in [2.75, 3.05) is 0 Å². The summed E-state index contributed by atoms with van der Waals surface area (Å²) in [5.41, 5.74) is 7.19. The standard InChI is InChI=1S/C32H16N8.C7H10.5C2H6.Cu/c1-2-10-18-17(9-1)25-33-26(18)38-28-21-13-5-6-14-22(21)30(35-28)40-32-24-16-8-7-15-23(24)31(36-32)39-29-20-12-4-3-11-19(20)27(34-29)37-25;1-7-5-3-2-4-6-7;5*1-2;/h1-16H;3,5-6H,2,4H2,1H3;5*1-2H3;/q-2;;;;;;;+2. The molecule has 0 spiro atoms. The molecule has 0 saturated carbocycles. The monoisotopic (exact) mass is 819 g/mol. The molecule has 9 heteroatoms. The predicted molar refractivity (Wildman–Crippen MR) is 243 cm³/mol. The molecule has 1 aliphatic carbocycles. The number of nitrogens with zero attached hydrogens (tertiary/aromatic N) is 8. The molecule has 1 radical (unpaired) electrons. The van der Waals surface area contributed by atoms with Crippen molar-refractivity contribution in [3.8, 4) is 45.6 Å². The van der Waals surface area contributed by atoms with Gasteiger partial charge in [0, 0.05) is 44.8 Å². The predicted octanol–water partition coefficient (Wildman–Crippen LogP) is 13.5. The summed E-state index contributed by atoms with van der Waals surface area (Å²) in [5, 5.41) is 3.57. The maximum Gasteiger partial charge on any atom is 2.00 e. The Balaban J connectivity index is 0.000000434. The molecule has 3 aliphatic rings. The zero-order valence-electron chi connectivity index (χ0n) is 35.8. The van der Waals surface area contributed by atoms with Crippen molar-refractivity contribution in [2.24, 2.45) is 0 Å². The average molecular weight is 821 g/mol. The summed E-state index contributed by atoms with van der Waals surface area (Å²) in [4.78, 5) is 39.3. The van der Waals surface area contributed by atoms with Gasteiger partial charge in [-0.15, -0.1) is 0 Å². The molecule has 0 N–H and O–H groups in total. The molecule has 58 heavy (non-hydrogen) atoms. The van der Waals surface area contributed by atoms with E-state index in [1.807, 2.05) is 166 Å². The van der Waals surface area contributed by atoms with Crippen LogP contribution >= 0.6 is 0 Å². The van der Waals surface area contributed by atoms with E-state index >= 15 is 0 Å². The third kappa shape index (κ3) is 10.0. The van der Waals surface area contributed by atoms with Gasteiger partial charge in [-0.25, -0.2) is 9.97 Å². The van der Waals surface area contributed by atoms with Crippen LogP contribution < -0.4 is 9.97 Å². The Hall–Kier alpha value is -5.76. The number of hydrogen-bond donors (Lipinski definition) is 0. The first-order valence-electron chi connectivity index (χ1n) is 20.6. The van der Waals surface area contributed by atoms with Crippen molar-refractivity contribution in [1.82, 2.24) is 39.9 Å². The second kappa shape index (κ2) is 23.5. The van der Waals surface area contributed by atoms with E-state index in [1.165, 1.54) is 18.4 Å². The molecule has 2 aliphatic heterocycles. The largest absolute Gasteiger partial charge is 2.00 e. The van der Waals surface area contributed by atoms with Crippen LogP contribution in [0.2, 0.25) is 0 Å². The summed E-state index contributed by atoms with van der Waals surface area (Å²) in [5.74, 6) is 2.21. The summed E-state index contributed by atoms with van der Waals surface area (Å²) in [6, 6.07) is 31.8. The molecule has 8 bridgehead atoms. The molecule has 10 rings (SSSR count). The van der Waals surface area contributed by atoms with E-state index in [4.69, 9.17) is 39.9 Å². The minimum Gasteiger partial charge on any atom is -0.357 e. The number of fused-ring (bicyclic) bond motifs is 20. The van der Waals surface area contributed by atoms with Crippen molar-refractivity contribution in [3.63, 3.8) is 0 Å². The molecule has 0 unspecified atom stereocenters. The van der Waals surface area contributed by atoms with Crippen LogP contribution in [-0.4, -0.2) is 29.9 Å². The van der Waals surface area contributed by atoms with Gasteiger partial charge < -0.3 is 29.9 Å². The number of benzene rings is 4. The van der Waals surface area contributed by atoms with Crippen LogP contribution in [0, 0.1) is 0 Å². The second-order valence-electron chi connectivity index (χ2n) is 11.6. The van der Waals surface area contributed by atoms with Gasteiger partial charge in [0.05, 0.1) is 23.3 Å². The second-order valence-corrected chi connectivity index (χ2v) is 11.6. The quantitative estimate of drug-likeness (QED) is 0.139. The van der Waals surface area contributed by atoms with Crippen LogP contribution in [0.5, 0.6) is 0 Å². The Morgan fingerprint density at radius 3 is 0.879 bits per heavy atom. The fourth-order valence-electron chi connectivity index (χ4n) is 6.20. The van der Waals surface area contributed by atoms with Gasteiger partial charge in [-0.3, -0.25) is 0 Å². The Morgan fingerprint density at radius 1 is 0.379 bits per heavy atom. The van der Waals surface area contributed by atoms with Gasteiger partial charge in [0.2, 0.25) is 0 Å². The molecule has 3 aromatic heterocycles. The van der Waals surface area contributed by atoms with Crippen LogP contribution in [0.15, 0.2) is 121 Å². The van der Waals surface area contributed by atoms with Crippen molar-refractivity contribution in [3.05, 3.63) is 121 Å². The summed E-state index contributed by atoms with van der Waals surface area (Å²) in [6.45, 7) is 22.1. The van der Waals surface area contributed by atoms with Gasteiger partial charge in [0.1, 0.15) is 0 Å². The van der Waals surface area contributed by atoms with Crippen molar-refractivity contribution in [1.29, 1.82) is 0 Å². The van der Waals surface area contributed by atoms with E-state index in [9.17, 15) is 0 Å². The van der Waals surface area contributed by atoms with Gasteiger partial charge in [-0.05, 0) is 41.3 Å². The first-order valence-corrected chi connectivity index (χ1v) is 20.6. The minimum absolute atomic E-state index is 0. The molecule has 7 aromatic rings. The number of hydrogen-bond acceptors (Lipinski definition) is 6. The fourth-order valence-corrected chi connectivity index (χ4v) is 6.20. The maximum atomic E-state index is 4.95. The summed E-state index contributed by atoms with van der Waals surface area (Å²) >= 11 is 0. The normalized spacial score (nSPS) is 11.1. The van der Waals surface area contributed by atoms with Gasteiger partial charge in [-0.1, -0.05) is 190 Å².